The van der Waals surface area contributed by atoms with Crippen LogP contribution in [0.15, 0.2) is 71.6 Å². The van der Waals surface area contributed by atoms with Gasteiger partial charge < -0.3 is 14.8 Å². The third-order valence-electron chi connectivity index (χ3n) is 4.46. The van der Waals surface area contributed by atoms with E-state index in [-0.39, 0.29) is 21.9 Å². The predicted molar refractivity (Wildman–Crippen MR) is 117 cm³/mol. The van der Waals surface area contributed by atoms with E-state index in [0.29, 0.717) is 18.1 Å². The Balaban J connectivity index is 1.90. The first-order valence-corrected chi connectivity index (χ1v) is 11.6. The van der Waals surface area contributed by atoms with Crippen LogP contribution in [-0.4, -0.2) is 27.2 Å². The van der Waals surface area contributed by atoms with Crippen LogP contribution in [0.1, 0.15) is 22.8 Å². The normalized spacial score (nSPS) is 11.7. The molecule has 0 aliphatic heterocycles. The van der Waals surface area contributed by atoms with E-state index in [1.165, 1.54) is 24.3 Å². The van der Waals surface area contributed by atoms with Crippen molar-refractivity contribution in [3.63, 3.8) is 0 Å². The molecule has 10 heteroatoms. The third-order valence-corrected chi connectivity index (χ3v) is 5.59. The van der Waals surface area contributed by atoms with Crippen LogP contribution in [0.5, 0.6) is 17.2 Å². The molecule has 0 bridgehead atoms. The Morgan fingerprint density at radius 1 is 0.939 bits per heavy atom. The van der Waals surface area contributed by atoms with Crippen LogP contribution in [0.25, 0.3) is 0 Å². The zero-order valence-corrected chi connectivity index (χ0v) is 18.5. The van der Waals surface area contributed by atoms with Gasteiger partial charge in [0.25, 0.3) is 5.91 Å². The number of rotatable bonds is 7. The number of halogens is 3. The van der Waals surface area contributed by atoms with Gasteiger partial charge in [-0.25, -0.2) is 8.42 Å². The summed E-state index contributed by atoms with van der Waals surface area (Å²) in [5, 5.41) is 2.41. The van der Waals surface area contributed by atoms with E-state index in [9.17, 15) is 26.4 Å². The molecule has 33 heavy (non-hydrogen) atoms. The molecule has 0 heterocycles. The molecule has 0 unspecified atom stereocenters. The summed E-state index contributed by atoms with van der Waals surface area (Å²) in [7, 11) is -3.46. The molecule has 0 atom stereocenters. The maximum Gasteiger partial charge on any atom is 0.416 e. The Labute approximate surface area is 188 Å². The van der Waals surface area contributed by atoms with Crippen molar-refractivity contribution in [2.75, 3.05) is 18.2 Å². The molecular formula is C23H20F3NO5S. The second-order valence-corrected chi connectivity index (χ2v) is 8.98. The minimum absolute atomic E-state index is 0.00624. The van der Waals surface area contributed by atoms with Crippen molar-refractivity contribution in [2.45, 2.75) is 18.0 Å². The van der Waals surface area contributed by atoms with Crippen LogP contribution in [0.2, 0.25) is 0 Å². The van der Waals surface area contributed by atoms with Gasteiger partial charge in [0.05, 0.1) is 22.8 Å². The van der Waals surface area contributed by atoms with Gasteiger partial charge in [-0.2, -0.15) is 13.2 Å². The molecule has 0 aliphatic carbocycles. The standard InChI is InChI=1S/C23H20F3NO5S/c1-3-31-17-7-9-18(10-8-17)32-21-13-6-16(23(24,25)26)14-20(21)27-22(28)15-4-11-19(12-5-15)33(2,29)30/h4-14H,3H2,1-2H3,(H,27,28). The zero-order valence-electron chi connectivity index (χ0n) is 17.6. The number of carbonyl (C=O) groups is 1. The second-order valence-electron chi connectivity index (χ2n) is 6.97. The topological polar surface area (TPSA) is 81.7 Å². The van der Waals surface area contributed by atoms with E-state index in [1.807, 2.05) is 6.92 Å². The summed E-state index contributed by atoms with van der Waals surface area (Å²) in [6.07, 6.45) is -3.61. The highest BCUT2D eigenvalue weighted by atomic mass is 32.2. The Morgan fingerprint density at radius 3 is 2.09 bits per heavy atom. The number of alkyl halides is 3. The van der Waals surface area contributed by atoms with Crippen molar-refractivity contribution < 1.29 is 35.9 Å². The van der Waals surface area contributed by atoms with Gasteiger partial charge in [0.2, 0.25) is 0 Å². The van der Waals surface area contributed by atoms with Gasteiger partial charge in [-0.05, 0) is 73.7 Å². The van der Waals surface area contributed by atoms with Crippen molar-refractivity contribution in [3.8, 4) is 17.2 Å². The molecule has 1 N–H and O–H groups in total. The summed E-state index contributed by atoms with van der Waals surface area (Å²) in [5.74, 6) is 0.189. The number of amides is 1. The number of sulfone groups is 1. The van der Waals surface area contributed by atoms with Crippen LogP contribution >= 0.6 is 0 Å². The molecular weight excluding hydrogens is 459 g/mol. The summed E-state index contributed by atoms with van der Waals surface area (Å²) in [6, 6.07) is 14.2. The van der Waals surface area contributed by atoms with Gasteiger partial charge in [0, 0.05) is 11.8 Å². The van der Waals surface area contributed by atoms with Crippen LogP contribution in [0, 0.1) is 0 Å². The van der Waals surface area contributed by atoms with Gasteiger partial charge in [0.15, 0.2) is 15.6 Å². The smallest absolute Gasteiger partial charge is 0.416 e. The van der Waals surface area contributed by atoms with Crippen molar-refractivity contribution in [3.05, 3.63) is 77.9 Å². The van der Waals surface area contributed by atoms with E-state index < -0.39 is 27.5 Å². The second kappa shape index (κ2) is 9.53. The van der Waals surface area contributed by atoms with Gasteiger partial charge in [-0.15, -0.1) is 0 Å². The fourth-order valence-corrected chi connectivity index (χ4v) is 3.47. The minimum Gasteiger partial charge on any atom is -0.494 e. The molecule has 0 aromatic heterocycles. The minimum atomic E-state index is -4.63. The molecule has 174 valence electrons. The average molecular weight is 479 g/mol. The maximum atomic E-state index is 13.2. The zero-order chi connectivity index (χ0) is 24.2. The first kappa shape index (κ1) is 24.1. The summed E-state index contributed by atoms with van der Waals surface area (Å²) < 4.78 is 73.9. The Morgan fingerprint density at radius 2 is 1.55 bits per heavy atom. The SMILES string of the molecule is CCOc1ccc(Oc2ccc(C(F)(F)F)cc2NC(=O)c2ccc(S(C)(=O)=O)cc2)cc1. The van der Waals surface area contributed by atoms with Crippen molar-refractivity contribution in [2.24, 2.45) is 0 Å². The predicted octanol–water partition coefficient (Wildman–Crippen LogP) is 5.55. The van der Waals surface area contributed by atoms with Gasteiger partial charge in [-0.1, -0.05) is 0 Å². The summed E-state index contributed by atoms with van der Waals surface area (Å²) >= 11 is 0. The van der Waals surface area contributed by atoms with Crippen LogP contribution in [0.4, 0.5) is 18.9 Å². The number of anilines is 1. The lowest BCUT2D eigenvalue weighted by molar-refractivity contribution is -0.137. The van der Waals surface area contributed by atoms with Crippen molar-refractivity contribution >= 4 is 21.4 Å². The van der Waals surface area contributed by atoms with Crippen LogP contribution < -0.4 is 14.8 Å². The summed E-state index contributed by atoms with van der Waals surface area (Å²) in [4.78, 5) is 12.7. The van der Waals surface area contributed by atoms with E-state index in [1.54, 1.807) is 24.3 Å². The molecule has 3 rings (SSSR count). The van der Waals surface area contributed by atoms with Crippen molar-refractivity contribution in [1.29, 1.82) is 0 Å². The monoisotopic (exact) mass is 479 g/mol. The van der Waals surface area contributed by atoms with Gasteiger partial charge in [-0.3, -0.25) is 4.79 Å². The fourth-order valence-electron chi connectivity index (χ4n) is 2.84. The number of hydrogen-bond acceptors (Lipinski definition) is 5. The number of hydrogen-bond donors (Lipinski definition) is 1. The number of nitrogens with one attached hydrogen (secondary N) is 1. The lowest BCUT2D eigenvalue weighted by Gasteiger charge is -2.15. The molecule has 0 spiro atoms. The maximum absolute atomic E-state index is 13.2. The largest absolute Gasteiger partial charge is 0.494 e. The van der Waals surface area contributed by atoms with Gasteiger partial charge >= 0.3 is 6.18 Å². The molecule has 1 amide bonds. The molecule has 0 aliphatic rings. The van der Waals surface area contributed by atoms with Gasteiger partial charge in [0.1, 0.15) is 11.5 Å². The fraction of sp³-hybridized carbons (Fsp3) is 0.174. The number of carbonyl (C=O) groups excluding carboxylic acids is 1. The van der Waals surface area contributed by atoms with E-state index in [0.717, 1.165) is 24.5 Å². The Hall–Kier alpha value is -3.53. The molecule has 0 saturated heterocycles. The average Bonchev–Trinajstić information content (AvgIpc) is 2.75. The molecule has 0 fully saturated rings. The Kier molecular flexibility index (Phi) is 6.97. The number of benzene rings is 3. The first-order chi connectivity index (χ1) is 15.5. The lowest BCUT2D eigenvalue weighted by atomic mass is 10.1. The molecule has 6 nitrogen and oxygen atoms in total. The number of ether oxygens (including phenoxy) is 2. The van der Waals surface area contributed by atoms with Crippen LogP contribution in [0.3, 0.4) is 0 Å². The Bertz CT molecular complexity index is 1240. The third kappa shape index (κ3) is 6.26. The summed E-state index contributed by atoms with van der Waals surface area (Å²) in [6.45, 7) is 2.30. The first-order valence-electron chi connectivity index (χ1n) is 9.71. The molecule has 0 saturated carbocycles. The quantitative estimate of drug-likeness (QED) is 0.480. The lowest BCUT2D eigenvalue weighted by Crippen LogP contribution is -2.14. The van der Waals surface area contributed by atoms with Crippen molar-refractivity contribution in [1.82, 2.24) is 0 Å². The van der Waals surface area contributed by atoms with E-state index in [2.05, 4.69) is 5.32 Å². The van der Waals surface area contributed by atoms with E-state index >= 15 is 0 Å². The highest BCUT2D eigenvalue weighted by Gasteiger charge is 2.31. The highest BCUT2D eigenvalue weighted by molar-refractivity contribution is 7.90. The van der Waals surface area contributed by atoms with Crippen LogP contribution in [-0.2, 0) is 16.0 Å². The highest BCUT2D eigenvalue weighted by Crippen LogP contribution is 2.37. The summed E-state index contributed by atoms with van der Waals surface area (Å²) in [5.41, 5.74) is -1.10. The molecule has 3 aromatic rings. The van der Waals surface area contributed by atoms with E-state index in [4.69, 9.17) is 9.47 Å². The molecule has 0 radical (unpaired) electrons. The molecule has 3 aromatic carbocycles.